The van der Waals surface area contributed by atoms with Crippen molar-refractivity contribution < 1.29 is 4.79 Å². The van der Waals surface area contributed by atoms with Gasteiger partial charge in [-0.25, -0.2) is 0 Å². The van der Waals surface area contributed by atoms with Crippen molar-refractivity contribution in [2.45, 2.75) is 20.8 Å². The van der Waals surface area contributed by atoms with Crippen LogP contribution in [0.4, 0.5) is 0 Å². The van der Waals surface area contributed by atoms with Crippen LogP contribution in [0.1, 0.15) is 29.8 Å². The summed E-state index contributed by atoms with van der Waals surface area (Å²) < 4.78 is 0. The molecular formula is C13H17BrClNO. The lowest BCUT2D eigenvalue weighted by atomic mass is 9.97. The number of rotatable bonds is 4. The Hall–Kier alpha value is -0.540. The highest BCUT2D eigenvalue weighted by Crippen LogP contribution is 2.18. The normalized spacial score (nSPS) is 11.4. The summed E-state index contributed by atoms with van der Waals surface area (Å²) in [6.45, 7) is 6.72. The van der Waals surface area contributed by atoms with Gasteiger partial charge >= 0.3 is 0 Å². The average Bonchev–Trinajstić information content (AvgIpc) is 2.30. The van der Waals surface area contributed by atoms with E-state index < -0.39 is 0 Å². The van der Waals surface area contributed by atoms with E-state index in [1.54, 1.807) is 12.1 Å². The van der Waals surface area contributed by atoms with Crippen LogP contribution in [0.15, 0.2) is 18.2 Å². The van der Waals surface area contributed by atoms with Gasteiger partial charge in [-0.2, -0.15) is 0 Å². The minimum absolute atomic E-state index is 0.0458. The van der Waals surface area contributed by atoms with E-state index in [2.05, 4.69) is 35.1 Å². The number of alkyl halides is 1. The number of hydrogen-bond donors (Lipinski definition) is 1. The van der Waals surface area contributed by atoms with Crippen LogP contribution in [0.3, 0.4) is 0 Å². The van der Waals surface area contributed by atoms with Crippen molar-refractivity contribution in [3.8, 4) is 0 Å². The van der Waals surface area contributed by atoms with Gasteiger partial charge in [0.15, 0.2) is 0 Å². The highest BCUT2D eigenvalue weighted by atomic mass is 79.9. The number of carbonyl (C=O) groups is 1. The van der Waals surface area contributed by atoms with Crippen molar-refractivity contribution in [3.05, 3.63) is 34.3 Å². The Kier molecular flexibility index (Phi) is 5.02. The first-order valence-corrected chi connectivity index (χ1v) is 6.96. The summed E-state index contributed by atoms with van der Waals surface area (Å²) in [6, 6.07) is 5.35. The molecule has 0 spiro atoms. The SMILES string of the molecule is Cc1ccc(C(=O)NCC(C)(C)CBr)cc1Cl. The molecule has 1 aromatic carbocycles. The van der Waals surface area contributed by atoms with E-state index in [1.165, 1.54) is 0 Å². The zero-order chi connectivity index (χ0) is 13.1. The van der Waals surface area contributed by atoms with E-state index >= 15 is 0 Å². The molecule has 1 N–H and O–H groups in total. The molecule has 0 fully saturated rings. The summed E-state index contributed by atoms with van der Waals surface area (Å²) in [7, 11) is 0. The number of amides is 1. The molecule has 0 unspecified atom stereocenters. The van der Waals surface area contributed by atoms with Crippen LogP contribution in [0.2, 0.25) is 5.02 Å². The fourth-order valence-electron chi connectivity index (χ4n) is 1.20. The molecular weight excluding hydrogens is 302 g/mol. The highest BCUT2D eigenvalue weighted by molar-refractivity contribution is 9.09. The average molecular weight is 319 g/mol. The molecule has 17 heavy (non-hydrogen) atoms. The maximum Gasteiger partial charge on any atom is 0.251 e. The van der Waals surface area contributed by atoms with E-state index in [0.717, 1.165) is 10.9 Å². The molecule has 94 valence electrons. The second-order valence-corrected chi connectivity index (χ2v) is 5.91. The van der Waals surface area contributed by atoms with Gasteiger partial charge in [-0.15, -0.1) is 0 Å². The molecule has 0 heterocycles. The first-order valence-electron chi connectivity index (χ1n) is 5.46. The third kappa shape index (κ3) is 4.32. The van der Waals surface area contributed by atoms with E-state index in [1.807, 2.05) is 13.0 Å². The van der Waals surface area contributed by atoms with Gasteiger partial charge in [-0.05, 0) is 30.0 Å². The molecule has 0 aromatic heterocycles. The molecule has 0 aliphatic heterocycles. The predicted octanol–water partition coefficient (Wildman–Crippen LogP) is 3.80. The van der Waals surface area contributed by atoms with E-state index in [9.17, 15) is 4.79 Å². The van der Waals surface area contributed by atoms with Crippen molar-refractivity contribution in [1.29, 1.82) is 0 Å². The van der Waals surface area contributed by atoms with Crippen LogP contribution in [-0.4, -0.2) is 17.8 Å². The fourth-order valence-corrected chi connectivity index (χ4v) is 1.58. The van der Waals surface area contributed by atoms with Crippen LogP contribution in [0.5, 0.6) is 0 Å². The Morgan fingerprint density at radius 2 is 2.12 bits per heavy atom. The van der Waals surface area contributed by atoms with Gasteiger partial charge in [0, 0.05) is 22.5 Å². The number of aryl methyl sites for hydroxylation is 1. The molecule has 1 amide bonds. The van der Waals surface area contributed by atoms with Gasteiger partial charge in [-0.1, -0.05) is 47.4 Å². The van der Waals surface area contributed by atoms with Gasteiger partial charge in [0.05, 0.1) is 0 Å². The topological polar surface area (TPSA) is 29.1 Å². The maximum absolute atomic E-state index is 11.9. The predicted molar refractivity (Wildman–Crippen MR) is 76.1 cm³/mol. The van der Waals surface area contributed by atoms with Crippen LogP contribution in [0.25, 0.3) is 0 Å². The molecule has 4 heteroatoms. The Morgan fingerprint density at radius 1 is 1.47 bits per heavy atom. The lowest BCUT2D eigenvalue weighted by Crippen LogP contribution is -2.34. The Bertz CT molecular complexity index is 418. The highest BCUT2D eigenvalue weighted by Gasteiger charge is 2.17. The third-order valence-electron chi connectivity index (χ3n) is 2.52. The summed E-state index contributed by atoms with van der Waals surface area (Å²) in [5.41, 5.74) is 1.62. The maximum atomic E-state index is 11.9. The molecule has 0 atom stereocenters. The minimum atomic E-state index is -0.0825. The number of benzene rings is 1. The summed E-state index contributed by atoms with van der Waals surface area (Å²) in [6.07, 6.45) is 0. The summed E-state index contributed by atoms with van der Waals surface area (Å²) in [5, 5.41) is 4.37. The molecule has 0 aliphatic carbocycles. The van der Waals surface area contributed by atoms with Crippen molar-refractivity contribution >= 4 is 33.4 Å². The van der Waals surface area contributed by atoms with Gasteiger partial charge in [0.2, 0.25) is 0 Å². The smallest absolute Gasteiger partial charge is 0.251 e. The van der Waals surface area contributed by atoms with Crippen LogP contribution in [0, 0.1) is 12.3 Å². The molecule has 0 bridgehead atoms. The summed E-state index contributed by atoms with van der Waals surface area (Å²) in [5.74, 6) is -0.0825. The third-order valence-corrected chi connectivity index (χ3v) is 4.45. The lowest BCUT2D eigenvalue weighted by molar-refractivity contribution is 0.0940. The molecule has 0 radical (unpaired) electrons. The van der Waals surface area contributed by atoms with Crippen LogP contribution < -0.4 is 5.32 Å². The number of nitrogens with one attached hydrogen (secondary N) is 1. The zero-order valence-corrected chi connectivity index (χ0v) is 12.7. The van der Waals surface area contributed by atoms with E-state index in [0.29, 0.717) is 17.1 Å². The fraction of sp³-hybridized carbons (Fsp3) is 0.462. The molecule has 1 aromatic rings. The first-order chi connectivity index (χ1) is 7.85. The summed E-state index contributed by atoms with van der Waals surface area (Å²) >= 11 is 9.41. The minimum Gasteiger partial charge on any atom is -0.351 e. The number of hydrogen-bond acceptors (Lipinski definition) is 1. The van der Waals surface area contributed by atoms with Crippen LogP contribution in [-0.2, 0) is 0 Å². The standard InChI is InChI=1S/C13H17BrClNO/c1-9-4-5-10(6-11(9)15)12(17)16-8-13(2,3)7-14/h4-6H,7-8H2,1-3H3,(H,16,17). The molecule has 1 rings (SSSR count). The van der Waals surface area contributed by atoms with Crippen molar-refractivity contribution in [3.63, 3.8) is 0 Å². The largest absolute Gasteiger partial charge is 0.351 e. The Morgan fingerprint density at radius 3 is 2.65 bits per heavy atom. The van der Waals surface area contributed by atoms with E-state index in [-0.39, 0.29) is 11.3 Å². The molecule has 2 nitrogen and oxygen atoms in total. The Balaban J connectivity index is 2.68. The Labute approximate surface area is 116 Å². The quantitative estimate of drug-likeness (QED) is 0.841. The van der Waals surface area contributed by atoms with Gasteiger partial charge in [0.25, 0.3) is 5.91 Å². The molecule has 0 saturated heterocycles. The molecule has 0 aliphatic rings. The first kappa shape index (κ1) is 14.5. The van der Waals surface area contributed by atoms with Gasteiger partial charge in [-0.3, -0.25) is 4.79 Å². The second kappa shape index (κ2) is 5.87. The van der Waals surface area contributed by atoms with Gasteiger partial charge in [0.1, 0.15) is 0 Å². The van der Waals surface area contributed by atoms with Crippen molar-refractivity contribution in [2.75, 3.05) is 11.9 Å². The van der Waals surface area contributed by atoms with Gasteiger partial charge < -0.3 is 5.32 Å². The lowest BCUT2D eigenvalue weighted by Gasteiger charge is -2.21. The number of carbonyl (C=O) groups excluding carboxylic acids is 1. The van der Waals surface area contributed by atoms with Crippen molar-refractivity contribution in [2.24, 2.45) is 5.41 Å². The zero-order valence-electron chi connectivity index (χ0n) is 10.3. The van der Waals surface area contributed by atoms with Crippen molar-refractivity contribution in [1.82, 2.24) is 5.32 Å². The van der Waals surface area contributed by atoms with E-state index in [4.69, 9.17) is 11.6 Å². The number of halogens is 2. The monoisotopic (exact) mass is 317 g/mol. The second-order valence-electron chi connectivity index (χ2n) is 4.94. The van der Waals surface area contributed by atoms with Crippen LogP contribution >= 0.6 is 27.5 Å². The molecule has 0 saturated carbocycles. The summed E-state index contributed by atoms with van der Waals surface area (Å²) in [4.78, 5) is 11.9.